The molecular weight excluding hydrogens is 335 g/mol. The summed E-state index contributed by atoms with van der Waals surface area (Å²) in [6.45, 7) is 7.72. The van der Waals surface area contributed by atoms with Crippen LogP contribution in [-0.4, -0.2) is 0 Å². The van der Waals surface area contributed by atoms with Crippen molar-refractivity contribution >= 4 is 0 Å². The molecule has 0 aromatic heterocycles. The lowest BCUT2D eigenvalue weighted by Gasteiger charge is -2.10. The molecule has 0 nitrogen and oxygen atoms in total. The Hall–Kier alpha value is -1.91. The lowest BCUT2D eigenvalue weighted by atomic mass is 10.0. The molecule has 138 valence electrons. The molecule has 0 aliphatic rings. The van der Waals surface area contributed by atoms with Crippen molar-refractivity contribution in [1.29, 1.82) is 0 Å². The molecule has 0 saturated carbocycles. The second-order valence-corrected chi connectivity index (χ2v) is 6.40. The second kappa shape index (κ2) is 8.97. The molecule has 0 bridgehead atoms. The molecule has 0 fully saturated rings. The van der Waals surface area contributed by atoms with Gasteiger partial charge in [-0.05, 0) is 35.1 Å². The smallest absolute Gasteiger partial charge is 0.205 e. The Morgan fingerprint density at radius 3 is 1.56 bits per heavy atom. The van der Waals surface area contributed by atoms with Crippen LogP contribution in [0.2, 0.25) is 0 Å². The molecule has 2 aromatic rings. The summed E-state index contributed by atoms with van der Waals surface area (Å²) in [6, 6.07) is 12.0. The van der Waals surface area contributed by atoms with Crippen molar-refractivity contribution in [3.8, 4) is 0 Å². The summed E-state index contributed by atoms with van der Waals surface area (Å²) in [5.41, 5.74) is 1.22. The van der Waals surface area contributed by atoms with Gasteiger partial charge in [0.05, 0.1) is 5.56 Å². The quantitative estimate of drug-likeness (QED) is 0.496. The summed E-state index contributed by atoms with van der Waals surface area (Å²) in [7, 11) is 0. The van der Waals surface area contributed by atoms with Gasteiger partial charge in [0, 0.05) is 5.56 Å². The van der Waals surface area contributed by atoms with Crippen molar-refractivity contribution in [2.75, 3.05) is 0 Å². The Balaban J connectivity index is 0.000000251. The average Bonchev–Trinajstić information content (AvgIpc) is 2.55. The SMILES string of the molecule is CC(C)c1cccc(C(F)(F)F)c1.CC(C)c1cccc(C(F)F)c1. The molecule has 2 rings (SSSR count). The van der Waals surface area contributed by atoms with Crippen molar-refractivity contribution in [2.24, 2.45) is 0 Å². The van der Waals surface area contributed by atoms with Gasteiger partial charge in [-0.2, -0.15) is 13.2 Å². The number of hydrogen-bond acceptors (Lipinski definition) is 0. The first-order chi connectivity index (χ1) is 11.5. The highest BCUT2D eigenvalue weighted by atomic mass is 19.4. The molecule has 0 aliphatic carbocycles. The van der Waals surface area contributed by atoms with Crippen LogP contribution in [0.25, 0.3) is 0 Å². The molecule has 0 aliphatic heterocycles. The summed E-state index contributed by atoms with van der Waals surface area (Å²) in [6.07, 6.45) is -6.59. The van der Waals surface area contributed by atoms with Gasteiger partial charge in [0.25, 0.3) is 6.43 Å². The van der Waals surface area contributed by atoms with Gasteiger partial charge < -0.3 is 0 Å². The Morgan fingerprint density at radius 2 is 1.12 bits per heavy atom. The van der Waals surface area contributed by atoms with Crippen LogP contribution >= 0.6 is 0 Å². The first kappa shape index (κ1) is 21.1. The van der Waals surface area contributed by atoms with E-state index in [0.717, 1.165) is 17.2 Å². The Morgan fingerprint density at radius 1 is 0.680 bits per heavy atom. The molecule has 25 heavy (non-hydrogen) atoms. The molecule has 0 spiro atoms. The Bertz CT molecular complexity index is 634. The first-order valence-corrected chi connectivity index (χ1v) is 8.07. The van der Waals surface area contributed by atoms with E-state index >= 15 is 0 Å². The number of halogens is 5. The van der Waals surface area contributed by atoms with E-state index < -0.39 is 18.2 Å². The highest BCUT2D eigenvalue weighted by molar-refractivity contribution is 5.27. The maximum atomic E-state index is 12.2. The van der Waals surface area contributed by atoms with E-state index in [0.29, 0.717) is 5.92 Å². The van der Waals surface area contributed by atoms with Gasteiger partial charge in [-0.25, -0.2) is 8.78 Å². The van der Waals surface area contributed by atoms with Crippen molar-refractivity contribution in [2.45, 2.75) is 52.1 Å². The fourth-order valence-corrected chi connectivity index (χ4v) is 2.13. The molecular formula is C20H23F5. The zero-order valence-corrected chi connectivity index (χ0v) is 14.7. The van der Waals surface area contributed by atoms with Gasteiger partial charge in [0.15, 0.2) is 0 Å². The van der Waals surface area contributed by atoms with Gasteiger partial charge in [-0.15, -0.1) is 0 Å². The van der Waals surface area contributed by atoms with Crippen LogP contribution in [0.1, 0.15) is 68.2 Å². The molecule has 5 heteroatoms. The van der Waals surface area contributed by atoms with Crippen LogP contribution in [0, 0.1) is 0 Å². The second-order valence-electron chi connectivity index (χ2n) is 6.40. The average molecular weight is 358 g/mol. The third-order valence-corrected chi connectivity index (χ3v) is 3.71. The van der Waals surface area contributed by atoms with Crippen molar-refractivity contribution in [3.63, 3.8) is 0 Å². The summed E-state index contributed by atoms with van der Waals surface area (Å²) in [5, 5.41) is 0. The van der Waals surface area contributed by atoms with Crippen LogP contribution in [0.5, 0.6) is 0 Å². The van der Waals surface area contributed by atoms with Gasteiger partial charge in [-0.1, -0.05) is 64.1 Å². The topological polar surface area (TPSA) is 0 Å². The molecule has 0 amide bonds. The van der Waals surface area contributed by atoms with Gasteiger partial charge in [0.2, 0.25) is 0 Å². The van der Waals surface area contributed by atoms with Gasteiger partial charge in [0.1, 0.15) is 0 Å². The minimum atomic E-state index is -4.23. The third-order valence-electron chi connectivity index (χ3n) is 3.71. The summed E-state index contributed by atoms with van der Waals surface area (Å²) in [5.74, 6) is 0.436. The predicted molar refractivity (Wildman–Crippen MR) is 91.0 cm³/mol. The molecule has 0 heterocycles. The molecule has 0 N–H and O–H groups in total. The highest BCUT2D eigenvalue weighted by Crippen LogP contribution is 2.30. The fraction of sp³-hybridized carbons (Fsp3) is 0.400. The van der Waals surface area contributed by atoms with Crippen LogP contribution < -0.4 is 0 Å². The van der Waals surface area contributed by atoms with Crippen molar-refractivity contribution in [1.82, 2.24) is 0 Å². The van der Waals surface area contributed by atoms with E-state index in [4.69, 9.17) is 0 Å². The third kappa shape index (κ3) is 6.85. The van der Waals surface area contributed by atoms with Crippen LogP contribution in [0.4, 0.5) is 22.0 Å². The van der Waals surface area contributed by atoms with E-state index in [-0.39, 0.29) is 11.5 Å². The Kier molecular flexibility index (Phi) is 7.59. The Labute approximate surface area is 145 Å². The number of hydrogen-bond donors (Lipinski definition) is 0. The van der Waals surface area contributed by atoms with Crippen molar-refractivity contribution < 1.29 is 22.0 Å². The monoisotopic (exact) mass is 358 g/mol. The first-order valence-electron chi connectivity index (χ1n) is 8.07. The van der Waals surface area contributed by atoms with E-state index in [9.17, 15) is 22.0 Å². The van der Waals surface area contributed by atoms with E-state index in [2.05, 4.69) is 0 Å². The largest absolute Gasteiger partial charge is 0.416 e. The molecule has 2 aromatic carbocycles. The van der Waals surface area contributed by atoms with Crippen LogP contribution in [0.15, 0.2) is 48.5 Å². The minimum Gasteiger partial charge on any atom is -0.205 e. The standard InChI is InChI=1S/C10H11F3.C10H12F2/c1-7(2)8-4-3-5-9(6-8)10(11,12)13;1-7(2)8-4-3-5-9(6-8)10(11)12/h3-7H,1-2H3;3-7,10H,1-2H3. The van der Waals surface area contributed by atoms with Crippen LogP contribution in [0.3, 0.4) is 0 Å². The molecule has 0 atom stereocenters. The van der Waals surface area contributed by atoms with E-state index in [1.54, 1.807) is 18.2 Å². The molecule has 0 radical (unpaired) electrons. The van der Waals surface area contributed by atoms with Gasteiger partial charge >= 0.3 is 6.18 Å². The molecule has 0 saturated heterocycles. The highest BCUT2D eigenvalue weighted by Gasteiger charge is 2.30. The van der Waals surface area contributed by atoms with Crippen LogP contribution in [-0.2, 0) is 6.18 Å². The van der Waals surface area contributed by atoms with Crippen molar-refractivity contribution in [3.05, 3.63) is 70.8 Å². The molecule has 0 unspecified atom stereocenters. The zero-order valence-electron chi connectivity index (χ0n) is 14.7. The maximum Gasteiger partial charge on any atom is 0.416 e. The lowest BCUT2D eigenvalue weighted by molar-refractivity contribution is -0.137. The van der Waals surface area contributed by atoms with E-state index in [1.165, 1.54) is 18.2 Å². The summed E-state index contributed by atoms with van der Waals surface area (Å²) >= 11 is 0. The maximum absolute atomic E-state index is 12.2. The summed E-state index contributed by atoms with van der Waals surface area (Å²) < 4.78 is 61.1. The van der Waals surface area contributed by atoms with E-state index in [1.807, 2.05) is 33.8 Å². The number of alkyl halides is 5. The summed E-state index contributed by atoms with van der Waals surface area (Å²) in [4.78, 5) is 0. The van der Waals surface area contributed by atoms with Gasteiger partial charge in [-0.3, -0.25) is 0 Å². The number of rotatable bonds is 3. The minimum absolute atomic E-state index is 0.112. The zero-order chi connectivity index (χ0) is 19.2. The normalized spacial score (nSPS) is 11.7. The predicted octanol–water partition coefficient (Wildman–Crippen LogP) is 7.58. The fourth-order valence-electron chi connectivity index (χ4n) is 2.13. The number of benzene rings is 2. The lowest BCUT2D eigenvalue weighted by Crippen LogP contribution is -2.05.